The highest BCUT2D eigenvalue weighted by molar-refractivity contribution is 6.11. The molecule has 0 aliphatic heterocycles. The molecular weight excluding hydrogens is 311 g/mol. The molecule has 5 nitrogen and oxygen atoms in total. The third-order valence-corrected chi connectivity index (χ3v) is 3.03. The Hall–Kier alpha value is -3.03. The third kappa shape index (κ3) is 3.42. The maximum absolute atomic E-state index is 12.2. The number of H-pyrrole nitrogens is 1. The zero-order valence-electron chi connectivity index (χ0n) is 11.5. The van der Waals surface area contributed by atoms with Crippen LogP contribution in [0.5, 0.6) is 5.75 Å². The Labute approximate surface area is 128 Å². The summed E-state index contributed by atoms with van der Waals surface area (Å²) in [5.74, 6) is -0.826. The summed E-state index contributed by atoms with van der Waals surface area (Å²) < 4.78 is 40.0. The molecule has 23 heavy (non-hydrogen) atoms. The third-order valence-electron chi connectivity index (χ3n) is 3.03. The van der Waals surface area contributed by atoms with Gasteiger partial charge in [-0.3, -0.25) is 9.89 Å². The van der Waals surface area contributed by atoms with Crippen molar-refractivity contribution in [1.82, 2.24) is 10.2 Å². The number of hydrogen-bond donors (Lipinski definition) is 2. The molecule has 3 aromatic rings. The maximum atomic E-state index is 12.2. The van der Waals surface area contributed by atoms with Crippen LogP contribution in [0.25, 0.3) is 10.9 Å². The van der Waals surface area contributed by atoms with E-state index < -0.39 is 12.3 Å². The van der Waals surface area contributed by atoms with Gasteiger partial charge in [-0.15, -0.1) is 13.2 Å². The van der Waals surface area contributed by atoms with Crippen LogP contribution in [0.4, 0.5) is 18.9 Å². The number of anilines is 1. The molecule has 1 aromatic heterocycles. The molecular formula is C15H10F3N3O2. The van der Waals surface area contributed by atoms with Gasteiger partial charge in [0.1, 0.15) is 5.75 Å². The summed E-state index contributed by atoms with van der Waals surface area (Å²) in [7, 11) is 0. The molecule has 1 heterocycles. The smallest absolute Gasteiger partial charge is 0.406 e. The van der Waals surface area contributed by atoms with Gasteiger partial charge in [-0.05, 0) is 30.3 Å². The van der Waals surface area contributed by atoms with Crippen LogP contribution >= 0.6 is 0 Å². The molecule has 0 spiro atoms. The SMILES string of the molecule is O=C(Nc1ccc(OC(F)(F)F)cc1)c1n[nH]c2ccccc12. The zero-order chi connectivity index (χ0) is 16.4. The molecule has 118 valence electrons. The average Bonchev–Trinajstić information content (AvgIpc) is 2.92. The minimum Gasteiger partial charge on any atom is -0.406 e. The van der Waals surface area contributed by atoms with Crippen molar-refractivity contribution in [1.29, 1.82) is 0 Å². The van der Waals surface area contributed by atoms with E-state index in [0.717, 1.165) is 12.1 Å². The fraction of sp³-hybridized carbons (Fsp3) is 0.0667. The minimum atomic E-state index is -4.75. The highest BCUT2D eigenvalue weighted by Gasteiger charge is 2.31. The second-order valence-electron chi connectivity index (χ2n) is 4.64. The Morgan fingerprint density at radius 2 is 1.78 bits per heavy atom. The molecule has 8 heteroatoms. The van der Waals surface area contributed by atoms with Crippen LogP contribution in [-0.2, 0) is 0 Å². The number of aromatic nitrogens is 2. The number of ether oxygens (including phenoxy) is 1. The maximum Gasteiger partial charge on any atom is 0.573 e. The van der Waals surface area contributed by atoms with Crippen LogP contribution in [0, 0.1) is 0 Å². The predicted octanol–water partition coefficient (Wildman–Crippen LogP) is 3.71. The molecule has 0 aliphatic rings. The van der Waals surface area contributed by atoms with Gasteiger partial charge in [-0.25, -0.2) is 0 Å². The van der Waals surface area contributed by atoms with Crippen LogP contribution in [-0.4, -0.2) is 22.5 Å². The molecule has 3 rings (SSSR count). The van der Waals surface area contributed by atoms with E-state index in [2.05, 4.69) is 20.3 Å². The van der Waals surface area contributed by atoms with Crippen LogP contribution < -0.4 is 10.1 Å². The number of amides is 1. The predicted molar refractivity (Wildman–Crippen MR) is 77.2 cm³/mol. The standard InChI is InChI=1S/C15H10F3N3O2/c16-15(17,18)23-10-7-5-9(6-8-10)19-14(22)13-11-3-1-2-4-12(11)20-21-13/h1-8H,(H,19,22)(H,20,21). The molecule has 0 unspecified atom stereocenters. The summed E-state index contributed by atoms with van der Waals surface area (Å²) in [6.07, 6.45) is -4.75. The van der Waals surface area contributed by atoms with E-state index >= 15 is 0 Å². The zero-order valence-corrected chi connectivity index (χ0v) is 11.5. The fourth-order valence-corrected chi connectivity index (χ4v) is 2.07. The van der Waals surface area contributed by atoms with Gasteiger partial charge in [0.05, 0.1) is 5.52 Å². The summed E-state index contributed by atoms with van der Waals surface area (Å²) in [5.41, 5.74) is 1.25. The normalized spacial score (nSPS) is 11.4. The largest absolute Gasteiger partial charge is 0.573 e. The van der Waals surface area contributed by atoms with Crippen molar-refractivity contribution in [3.05, 3.63) is 54.2 Å². The first-order valence-electron chi connectivity index (χ1n) is 6.53. The van der Waals surface area contributed by atoms with Crippen molar-refractivity contribution in [2.45, 2.75) is 6.36 Å². The average molecular weight is 321 g/mol. The highest BCUT2D eigenvalue weighted by Crippen LogP contribution is 2.24. The van der Waals surface area contributed by atoms with Crippen molar-refractivity contribution in [3.63, 3.8) is 0 Å². The van der Waals surface area contributed by atoms with E-state index in [4.69, 9.17) is 0 Å². The molecule has 1 amide bonds. The molecule has 0 bridgehead atoms. The highest BCUT2D eigenvalue weighted by atomic mass is 19.4. The number of nitrogens with zero attached hydrogens (tertiary/aromatic N) is 1. The van der Waals surface area contributed by atoms with Crippen molar-refractivity contribution in [2.75, 3.05) is 5.32 Å². The van der Waals surface area contributed by atoms with Crippen molar-refractivity contribution < 1.29 is 22.7 Å². The number of para-hydroxylation sites is 1. The lowest BCUT2D eigenvalue weighted by molar-refractivity contribution is -0.274. The number of nitrogens with one attached hydrogen (secondary N) is 2. The lowest BCUT2D eigenvalue weighted by atomic mass is 10.2. The molecule has 0 saturated carbocycles. The summed E-state index contributed by atoms with van der Waals surface area (Å²) in [5, 5.41) is 9.90. The number of fused-ring (bicyclic) bond motifs is 1. The fourth-order valence-electron chi connectivity index (χ4n) is 2.07. The van der Waals surface area contributed by atoms with Gasteiger partial charge >= 0.3 is 6.36 Å². The van der Waals surface area contributed by atoms with Gasteiger partial charge in [-0.1, -0.05) is 18.2 Å². The number of rotatable bonds is 3. The first kappa shape index (κ1) is 14.9. The monoisotopic (exact) mass is 321 g/mol. The summed E-state index contributed by atoms with van der Waals surface area (Å²) >= 11 is 0. The van der Waals surface area contributed by atoms with Gasteiger partial charge in [-0.2, -0.15) is 5.10 Å². The molecule has 0 saturated heterocycles. The molecule has 0 radical (unpaired) electrons. The number of carbonyl (C=O) groups is 1. The van der Waals surface area contributed by atoms with Gasteiger partial charge in [0.2, 0.25) is 0 Å². The summed E-state index contributed by atoms with van der Waals surface area (Å²) in [6.45, 7) is 0. The van der Waals surface area contributed by atoms with E-state index in [0.29, 0.717) is 16.6 Å². The minimum absolute atomic E-state index is 0.205. The summed E-state index contributed by atoms with van der Waals surface area (Å²) in [6, 6.07) is 12.0. The van der Waals surface area contributed by atoms with Gasteiger partial charge in [0.15, 0.2) is 5.69 Å². The quantitative estimate of drug-likeness (QED) is 0.773. The first-order chi connectivity index (χ1) is 10.9. The Balaban J connectivity index is 1.75. The van der Waals surface area contributed by atoms with E-state index in [1.165, 1.54) is 12.1 Å². The van der Waals surface area contributed by atoms with Crippen LogP contribution in [0.1, 0.15) is 10.5 Å². The second kappa shape index (κ2) is 5.64. The Morgan fingerprint density at radius 1 is 1.09 bits per heavy atom. The van der Waals surface area contributed by atoms with Crippen LogP contribution in [0.3, 0.4) is 0 Å². The van der Waals surface area contributed by atoms with Crippen LogP contribution in [0.15, 0.2) is 48.5 Å². The number of halogens is 3. The van der Waals surface area contributed by atoms with Gasteiger partial charge in [0, 0.05) is 11.1 Å². The Bertz CT molecular complexity index is 841. The second-order valence-corrected chi connectivity index (χ2v) is 4.64. The van der Waals surface area contributed by atoms with E-state index in [-0.39, 0.29) is 11.4 Å². The van der Waals surface area contributed by atoms with E-state index in [1.54, 1.807) is 18.2 Å². The lowest BCUT2D eigenvalue weighted by Gasteiger charge is -2.09. The Kier molecular flexibility index (Phi) is 3.65. The topological polar surface area (TPSA) is 67.0 Å². The number of benzene rings is 2. The number of hydrogen-bond acceptors (Lipinski definition) is 3. The molecule has 0 atom stereocenters. The van der Waals surface area contributed by atoms with Gasteiger partial charge < -0.3 is 10.1 Å². The molecule has 2 aromatic carbocycles. The lowest BCUT2D eigenvalue weighted by Crippen LogP contribution is -2.17. The molecule has 0 aliphatic carbocycles. The van der Waals surface area contributed by atoms with Crippen molar-refractivity contribution in [2.24, 2.45) is 0 Å². The number of carbonyl (C=O) groups excluding carboxylic acids is 1. The van der Waals surface area contributed by atoms with Crippen LogP contribution in [0.2, 0.25) is 0 Å². The van der Waals surface area contributed by atoms with Crippen molar-refractivity contribution >= 4 is 22.5 Å². The molecule has 2 N–H and O–H groups in total. The van der Waals surface area contributed by atoms with E-state index in [1.807, 2.05) is 6.07 Å². The number of alkyl halides is 3. The molecule has 0 fully saturated rings. The van der Waals surface area contributed by atoms with Gasteiger partial charge in [0.25, 0.3) is 5.91 Å². The van der Waals surface area contributed by atoms with Crippen molar-refractivity contribution in [3.8, 4) is 5.75 Å². The first-order valence-corrected chi connectivity index (χ1v) is 6.53. The van der Waals surface area contributed by atoms with E-state index in [9.17, 15) is 18.0 Å². The summed E-state index contributed by atoms with van der Waals surface area (Å²) in [4.78, 5) is 12.2. The number of aromatic amines is 1. The Morgan fingerprint density at radius 3 is 2.48 bits per heavy atom.